The molecule has 0 unspecified atom stereocenters. The number of methoxy groups -OCH3 is 2. The molecular formula is C54H52Cl2N6O8. The largest absolute Gasteiger partial charge is 0.497 e. The Bertz CT molecular complexity index is 2680. The van der Waals surface area contributed by atoms with Crippen LogP contribution in [0.5, 0.6) is 34.5 Å². The number of hydrogen-bond donors (Lipinski definition) is 2. The predicted molar refractivity (Wildman–Crippen MR) is 271 cm³/mol. The number of halogens is 2. The second-order valence-corrected chi connectivity index (χ2v) is 16.6. The minimum atomic E-state index is -0.481. The van der Waals surface area contributed by atoms with Crippen LogP contribution in [-0.2, 0) is 26.1 Å². The number of hydrogen-bond acceptors (Lipinski definition) is 12. The summed E-state index contributed by atoms with van der Waals surface area (Å²) in [6.45, 7) is 8.76. The summed E-state index contributed by atoms with van der Waals surface area (Å²) in [6.07, 6.45) is 5.42. The second kappa shape index (κ2) is 25.1. The van der Waals surface area contributed by atoms with Gasteiger partial charge in [0.2, 0.25) is 0 Å². The molecule has 0 fully saturated rings. The van der Waals surface area contributed by atoms with Crippen molar-refractivity contribution in [1.82, 2.24) is 10.6 Å². The van der Waals surface area contributed by atoms with Crippen LogP contribution in [0.3, 0.4) is 0 Å². The smallest absolute Gasteiger partial charge is 0.255 e. The Morgan fingerprint density at radius 2 is 0.943 bits per heavy atom. The molecule has 0 bridgehead atoms. The number of azo groups is 2. The fraction of sp³-hybridized carbons (Fsp3) is 0.222. The van der Waals surface area contributed by atoms with Gasteiger partial charge in [-0.1, -0.05) is 35.4 Å². The Balaban J connectivity index is 1.23. The number of fused-ring (bicyclic) bond motifs is 4. The van der Waals surface area contributed by atoms with Gasteiger partial charge in [0.1, 0.15) is 47.7 Å². The van der Waals surface area contributed by atoms with E-state index in [1.54, 1.807) is 136 Å². The lowest BCUT2D eigenvalue weighted by atomic mass is 10.0. The average molecular weight is 984 g/mol. The zero-order valence-electron chi connectivity index (χ0n) is 38.8. The van der Waals surface area contributed by atoms with Gasteiger partial charge in [-0.25, -0.2) is 0 Å². The van der Waals surface area contributed by atoms with Crippen molar-refractivity contribution in [3.63, 3.8) is 0 Å². The molecule has 1 aliphatic heterocycles. The number of rotatable bonds is 10. The fourth-order valence-electron chi connectivity index (χ4n) is 7.29. The summed E-state index contributed by atoms with van der Waals surface area (Å²) in [6, 6.07) is 31.6. The summed E-state index contributed by atoms with van der Waals surface area (Å²) in [5.41, 5.74) is 4.97. The van der Waals surface area contributed by atoms with Crippen LogP contribution in [-0.4, -0.2) is 52.3 Å². The van der Waals surface area contributed by atoms with Crippen LogP contribution >= 0.6 is 23.2 Å². The van der Waals surface area contributed by atoms with E-state index in [1.807, 2.05) is 0 Å². The van der Waals surface area contributed by atoms with Crippen molar-refractivity contribution in [3.05, 3.63) is 178 Å². The number of benzene rings is 6. The Hall–Kier alpha value is -7.68. The van der Waals surface area contributed by atoms with Crippen molar-refractivity contribution in [3.8, 4) is 34.5 Å². The van der Waals surface area contributed by atoms with Crippen LogP contribution in [0.25, 0.3) is 0 Å². The van der Waals surface area contributed by atoms with E-state index < -0.39 is 11.8 Å². The van der Waals surface area contributed by atoms with Gasteiger partial charge in [-0.2, -0.15) is 20.5 Å². The van der Waals surface area contributed by atoms with Crippen molar-refractivity contribution >= 4 is 57.8 Å². The Kier molecular flexibility index (Phi) is 18.0. The molecule has 2 amide bonds. The lowest BCUT2D eigenvalue weighted by Crippen LogP contribution is -2.35. The molecule has 0 spiro atoms. The van der Waals surface area contributed by atoms with Crippen LogP contribution in [0.15, 0.2) is 155 Å². The molecule has 360 valence electrons. The Morgan fingerprint density at radius 3 is 1.33 bits per heavy atom. The van der Waals surface area contributed by atoms with Crippen LogP contribution in [0.2, 0.25) is 10.0 Å². The molecule has 70 heavy (non-hydrogen) atoms. The maximum Gasteiger partial charge on any atom is 0.255 e. The van der Waals surface area contributed by atoms with Crippen molar-refractivity contribution in [2.24, 2.45) is 20.5 Å². The van der Waals surface area contributed by atoms with E-state index >= 15 is 0 Å². The Labute approximate surface area is 417 Å². The maximum atomic E-state index is 14.3. The van der Waals surface area contributed by atoms with E-state index in [2.05, 4.69) is 44.2 Å². The minimum Gasteiger partial charge on any atom is -0.497 e. The summed E-state index contributed by atoms with van der Waals surface area (Å²) in [4.78, 5) is 28.6. The molecule has 2 N–H and O–H groups in total. The van der Waals surface area contributed by atoms with Gasteiger partial charge in [0.05, 0.1) is 61.3 Å². The topological polar surface area (TPSA) is 163 Å². The number of carbonyl (C=O) groups excluding carboxylic acids is 2. The van der Waals surface area contributed by atoms with E-state index in [9.17, 15) is 9.59 Å². The third-order valence-electron chi connectivity index (χ3n) is 10.8. The highest BCUT2D eigenvalue weighted by Gasteiger charge is 2.22. The van der Waals surface area contributed by atoms with Gasteiger partial charge in [-0.15, -0.1) is 13.2 Å². The maximum absolute atomic E-state index is 14.3. The predicted octanol–water partition coefficient (Wildman–Crippen LogP) is 13.2. The first-order valence-corrected chi connectivity index (χ1v) is 23.2. The molecule has 6 aromatic rings. The molecule has 0 radical (unpaired) electrons. The van der Waals surface area contributed by atoms with Gasteiger partial charge < -0.3 is 39.1 Å². The van der Waals surface area contributed by atoms with Crippen LogP contribution in [0.4, 0.5) is 22.7 Å². The van der Waals surface area contributed by atoms with Gasteiger partial charge in [0, 0.05) is 45.4 Å². The molecule has 0 aliphatic carbocycles. The fourth-order valence-corrected chi connectivity index (χ4v) is 7.68. The molecule has 14 nitrogen and oxygen atoms in total. The van der Waals surface area contributed by atoms with Crippen molar-refractivity contribution < 1.29 is 38.0 Å². The molecule has 16 heteroatoms. The van der Waals surface area contributed by atoms with Crippen molar-refractivity contribution in [2.45, 2.75) is 38.9 Å². The van der Waals surface area contributed by atoms with E-state index in [-0.39, 0.29) is 37.4 Å². The molecule has 0 saturated carbocycles. The van der Waals surface area contributed by atoms with Gasteiger partial charge in [-0.3, -0.25) is 9.59 Å². The molecule has 6 aromatic carbocycles. The number of amides is 2. The number of ether oxygens (including phenoxy) is 6. The van der Waals surface area contributed by atoms with E-state index in [0.717, 1.165) is 0 Å². The molecule has 0 aromatic heterocycles. The van der Waals surface area contributed by atoms with Crippen molar-refractivity contribution in [1.29, 1.82) is 0 Å². The summed E-state index contributed by atoms with van der Waals surface area (Å²) in [7, 11) is 3.17. The van der Waals surface area contributed by atoms with Gasteiger partial charge in [0.15, 0.2) is 0 Å². The lowest BCUT2D eigenvalue weighted by molar-refractivity contribution is 0.0922. The monoisotopic (exact) mass is 982 g/mol. The Morgan fingerprint density at radius 1 is 0.543 bits per heavy atom. The molecule has 1 aliphatic rings. The summed E-state index contributed by atoms with van der Waals surface area (Å²) >= 11 is 13.0. The highest BCUT2D eigenvalue weighted by atomic mass is 35.5. The SMILES string of the molecule is C=CCc1cc(N=Nc2ccc(OC)cc2)cc2c1OCc1cc(Cl)ccc1OCCCCOc1ccc(Cl)cc1COc1c(CC=C)cc(N=Nc3ccc(OC)cc3)cc1C(=O)NCCNC2=O. The minimum absolute atomic E-state index is 0.0164. The molecule has 0 saturated heterocycles. The summed E-state index contributed by atoms with van der Waals surface area (Å²) < 4.78 is 36.1. The molecular weight excluding hydrogens is 932 g/mol. The highest BCUT2D eigenvalue weighted by Crippen LogP contribution is 2.36. The van der Waals surface area contributed by atoms with E-state index in [4.69, 9.17) is 51.6 Å². The van der Waals surface area contributed by atoms with Crippen LogP contribution in [0, 0.1) is 0 Å². The standard InChI is InChI=1S/C54H52Cl2N6O8/c1-5-9-35-29-43(61-59-41-13-17-45(65-3)18-14-41)31-47-51(35)69-33-37-27-39(55)11-21-49(37)67-25-7-8-26-68-50-22-12-40(56)28-38(50)34-70-52-36(10-6-2)30-44(62-60-42-15-19-46(66-4)20-16-42)32-48(52)54(64)58-24-23-57-53(47)63/h5-6,11-22,27-32H,1-2,7-10,23-26,33-34H2,3-4H3,(H,57,63)(H,58,64). The molecule has 7 rings (SSSR count). The van der Waals surface area contributed by atoms with E-state index in [0.29, 0.717) is 128 Å². The summed E-state index contributed by atoms with van der Waals surface area (Å²) in [5.74, 6) is 2.17. The highest BCUT2D eigenvalue weighted by molar-refractivity contribution is 6.31. The molecule has 1 heterocycles. The van der Waals surface area contributed by atoms with Crippen molar-refractivity contribution in [2.75, 3.05) is 40.5 Å². The first-order valence-electron chi connectivity index (χ1n) is 22.5. The van der Waals surface area contributed by atoms with Gasteiger partial charge >= 0.3 is 0 Å². The normalized spacial score (nSPS) is 13.8. The van der Waals surface area contributed by atoms with Crippen LogP contribution < -0.4 is 39.1 Å². The van der Waals surface area contributed by atoms with Crippen LogP contribution in [0.1, 0.15) is 55.8 Å². The second-order valence-electron chi connectivity index (χ2n) is 15.7. The van der Waals surface area contributed by atoms with Gasteiger partial charge in [-0.05, 0) is 135 Å². The zero-order valence-corrected chi connectivity index (χ0v) is 40.4. The zero-order chi connectivity index (χ0) is 49.2. The molecule has 0 atom stereocenters. The number of nitrogens with one attached hydrogen (secondary N) is 2. The lowest BCUT2D eigenvalue weighted by Gasteiger charge is -2.19. The first kappa shape index (κ1) is 50.2. The summed E-state index contributed by atoms with van der Waals surface area (Å²) in [5, 5.41) is 24.7. The number of nitrogens with zero attached hydrogens (tertiary/aromatic N) is 4. The number of allylic oxidation sites excluding steroid dienone is 2. The first-order chi connectivity index (χ1) is 34.1. The third-order valence-corrected chi connectivity index (χ3v) is 11.2. The number of carbonyl (C=O) groups is 2. The van der Waals surface area contributed by atoms with Gasteiger partial charge in [0.25, 0.3) is 11.8 Å². The van der Waals surface area contributed by atoms with E-state index in [1.165, 1.54) is 0 Å². The quantitative estimate of drug-likeness (QED) is 0.101. The average Bonchev–Trinajstić information content (AvgIpc) is 3.37. The third kappa shape index (κ3) is 13.7.